The van der Waals surface area contributed by atoms with E-state index in [2.05, 4.69) is 179 Å². The molecular formula is C40H32GeN2O. The van der Waals surface area contributed by atoms with Gasteiger partial charge in [-0.15, -0.1) is 0 Å². The van der Waals surface area contributed by atoms with Crippen LogP contribution in [0.25, 0.3) is 22.3 Å². The summed E-state index contributed by atoms with van der Waals surface area (Å²) < 4.78 is 9.80. The topological polar surface area (TPSA) is 19.6 Å². The average molecular weight is 629 g/mol. The van der Waals surface area contributed by atoms with Crippen molar-refractivity contribution in [2.75, 3.05) is 9.80 Å². The van der Waals surface area contributed by atoms with Crippen molar-refractivity contribution in [2.24, 2.45) is 0 Å². The van der Waals surface area contributed by atoms with Gasteiger partial charge >= 0.3 is 262 Å². The van der Waals surface area contributed by atoms with Gasteiger partial charge in [0, 0.05) is 0 Å². The molecule has 0 radical (unpaired) electrons. The molecule has 1 aromatic heterocycles. The molecule has 7 aromatic rings. The van der Waals surface area contributed by atoms with Crippen LogP contribution in [0, 0.1) is 0 Å². The van der Waals surface area contributed by atoms with Crippen molar-refractivity contribution in [1.82, 2.24) is 0 Å². The van der Waals surface area contributed by atoms with Crippen LogP contribution >= 0.6 is 0 Å². The fraction of sp³-hybridized carbons (Fsp3) is 0.0500. The van der Waals surface area contributed by atoms with Crippen molar-refractivity contribution < 1.29 is 4.42 Å². The third kappa shape index (κ3) is 4.35. The van der Waals surface area contributed by atoms with Crippen LogP contribution in [0.2, 0.25) is 11.5 Å². The third-order valence-corrected chi connectivity index (χ3v) is 16.2. The molecule has 0 saturated heterocycles. The molecule has 0 amide bonds. The number of furan rings is 1. The van der Waals surface area contributed by atoms with E-state index in [0.717, 1.165) is 45.5 Å². The summed E-state index contributed by atoms with van der Waals surface area (Å²) in [6.07, 6.45) is 0. The molecule has 0 N–H and O–H groups in total. The molecule has 44 heavy (non-hydrogen) atoms. The molecule has 6 aromatic carbocycles. The van der Waals surface area contributed by atoms with Crippen LogP contribution < -0.4 is 18.6 Å². The van der Waals surface area contributed by atoms with Crippen molar-refractivity contribution in [1.29, 1.82) is 0 Å². The van der Waals surface area contributed by atoms with Gasteiger partial charge in [-0.3, -0.25) is 0 Å². The zero-order valence-corrected chi connectivity index (χ0v) is 26.9. The quantitative estimate of drug-likeness (QED) is 0.171. The van der Waals surface area contributed by atoms with Gasteiger partial charge in [-0.2, -0.15) is 0 Å². The first-order valence-electron chi connectivity index (χ1n) is 15.1. The standard InChI is InChI=1S/C40H32GeN2O/c1-41(2)37-26-24-33(42(29-15-7-3-8-16-29)30-17-9-4-10-18-30)27-36(37)40-39(41)35-25-23-34(28-38(35)44-40)43(31-19-11-5-12-20-31)32-21-13-6-14-22-32/h3-28H,1-2H3. The van der Waals surface area contributed by atoms with E-state index in [4.69, 9.17) is 4.42 Å². The summed E-state index contributed by atoms with van der Waals surface area (Å²) >= 11 is -2.64. The zero-order valence-electron chi connectivity index (χ0n) is 24.8. The monoisotopic (exact) mass is 630 g/mol. The summed E-state index contributed by atoms with van der Waals surface area (Å²) in [4.78, 5) is 4.62. The molecule has 0 unspecified atom stereocenters. The van der Waals surface area contributed by atoms with E-state index in [1.165, 1.54) is 19.7 Å². The van der Waals surface area contributed by atoms with Gasteiger partial charge in [0.1, 0.15) is 0 Å². The Hall–Kier alpha value is -5.00. The van der Waals surface area contributed by atoms with Crippen molar-refractivity contribution in [3.63, 3.8) is 0 Å². The van der Waals surface area contributed by atoms with Crippen molar-refractivity contribution >= 4 is 67.2 Å². The molecule has 3 nitrogen and oxygen atoms in total. The fourth-order valence-electron chi connectivity index (χ4n) is 6.78. The number of benzene rings is 6. The van der Waals surface area contributed by atoms with Crippen molar-refractivity contribution in [2.45, 2.75) is 11.5 Å². The molecular weight excluding hydrogens is 597 g/mol. The Labute approximate surface area is 261 Å². The summed E-state index contributed by atoms with van der Waals surface area (Å²) in [6.45, 7) is 0. The molecule has 8 rings (SSSR count). The Kier molecular flexibility index (Phi) is 6.42. The summed E-state index contributed by atoms with van der Waals surface area (Å²) in [5, 5.41) is 1.25. The van der Waals surface area contributed by atoms with E-state index in [-0.39, 0.29) is 0 Å². The fourth-order valence-corrected chi connectivity index (χ4v) is 13.6. The van der Waals surface area contributed by atoms with Crippen LogP contribution in [0.5, 0.6) is 0 Å². The van der Waals surface area contributed by atoms with Gasteiger partial charge < -0.3 is 0 Å². The normalized spacial score (nSPS) is 13.0. The first-order chi connectivity index (χ1) is 21.6. The van der Waals surface area contributed by atoms with E-state index >= 15 is 0 Å². The number of anilines is 6. The SMILES string of the molecule is [CH3][Ge]1([CH3])[c]2ccc(N(c3ccccc3)c3ccccc3)cc2-c2oc3cc(N(c4ccccc4)c4ccccc4)ccc3[c]21. The second-order valence-electron chi connectivity index (χ2n) is 11.9. The molecule has 0 fully saturated rings. The molecule has 0 bridgehead atoms. The van der Waals surface area contributed by atoms with Gasteiger partial charge in [0.25, 0.3) is 0 Å². The molecule has 4 heteroatoms. The van der Waals surface area contributed by atoms with E-state index in [1.54, 1.807) is 0 Å². The van der Waals surface area contributed by atoms with Crippen LogP contribution in [0.3, 0.4) is 0 Å². The van der Waals surface area contributed by atoms with Crippen LogP contribution in [-0.2, 0) is 0 Å². The second-order valence-corrected chi connectivity index (χ2v) is 20.9. The first kappa shape index (κ1) is 26.6. The maximum atomic E-state index is 6.88. The van der Waals surface area contributed by atoms with E-state index in [0.29, 0.717) is 0 Å². The molecule has 0 atom stereocenters. The number of hydrogen-bond acceptors (Lipinski definition) is 3. The maximum absolute atomic E-state index is 6.88. The Balaban J connectivity index is 1.28. The summed E-state index contributed by atoms with van der Waals surface area (Å²) in [5.41, 5.74) is 8.90. The van der Waals surface area contributed by atoms with Gasteiger partial charge in [0.15, 0.2) is 0 Å². The van der Waals surface area contributed by atoms with Crippen LogP contribution in [0.1, 0.15) is 0 Å². The predicted octanol–water partition coefficient (Wildman–Crippen LogP) is 10.2. The summed E-state index contributed by atoms with van der Waals surface area (Å²) in [6, 6.07) is 56.0. The Morgan fingerprint density at radius 1 is 0.455 bits per heavy atom. The third-order valence-electron chi connectivity index (χ3n) is 8.79. The first-order valence-corrected chi connectivity index (χ1v) is 21.4. The van der Waals surface area contributed by atoms with Crippen LogP contribution in [-0.4, -0.2) is 13.3 Å². The van der Waals surface area contributed by atoms with E-state index in [1.807, 2.05) is 0 Å². The number of hydrogen-bond donors (Lipinski definition) is 0. The molecule has 0 saturated carbocycles. The van der Waals surface area contributed by atoms with Crippen LogP contribution in [0.4, 0.5) is 34.1 Å². The Morgan fingerprint density at radius 3 is 1.36 bits per heavy atom. The van der Waals surface area contributed by atoms with Crippen LogP contribution in [0.15, 0.2) is 162 Å². The van der Waals surface area contributed by atoms with Gasteiger partial charge in [-0.05, 0) is 0 Å². The van der Waals surface area contributed by atoms with Gasteiger partial charge in [0.2, 0.25) is 0 Å². The summed E-state index contributed by atoms with van der Waals surface area (Å²) in [7, 11) is 0. The number of fused-ring (bicyclic) bond motifs is 5. The van der Waals surface area contributed by atoms with Crippen molar-refractivity contribution in [3.05, 3.63) is 158 Å². The molecule has 212 valence electrons. The Morgan fingerprint density at radius 2 is 0.886 bits per heavy atom. The predicted molar refractivity (Wildman–Crippen MR) is 188 cm³/mol. The summed E-state index contributed by atoms with van der Waals surface area (Å²) in [5.74, 6) is 6.05. The minimum atomic E-state index is -2.64. The molecule has 0 aliphatic carbocycles. The van der Waals surface area contributed by atoms with Crippen molar-refractivity contribution in [3.8, 4) is 11.3 Å². The zero-order chi connectivity index (χ0) is 29.7. The van der Waals surface area contributed by atoms with E-state index < -0.39 is 13.3 Å². The molecule has 1 aliphatic heterocycles. The molecule has 2 heterocycles. The van der Waals surface area contributed by atoms with Gasteiger partial charge in [-0.25, -0.2) is 0 Å². The van der Waals surface area contributed by atoms with Gasteiger partial charge in [0.05, 0.1) is 0 Å². The minimum absolute atomic E-state index is 0.946. The second kappa shape index (κ2) is 10.6. The number of rotatable bonds is 6. The number of nitrogens with zero attached hydrogens (tertiary/aromatic N) is 2. The van der Waals surface area contributed by atoms with E-state index in [9.17, 15) is 0 Å². The molecule has 0 spiro atoms. The van der Waals surface area contributed by atoms with Gasteiger partial charge in [-0.1, -0.05) is 0 Å². The average Bonchev–Trinajstić information content (AvgIpc) is 3.56. The Bertz CT molecular complexity index is 2010. The molecule has 1 aliphatic rings. The number of para-hydroxylation sites is 4.